The minimum atomic E-state index is 1.03. The summed E-state index contributed by atoms with van der Waals surface area (Å²) in [4.78, 5) is 2.27. The van der Waals surface area contributed by atoms with E-state index in [0.717, 1.165) is 13.0 Å². The zero-order valence-corrected chi connectivity index (χ0v) is 10.2. The van der Waals surface area contributed by atoms with Crippen LogP contribution in [0.25, 0.3) is 0 Å². The van der Waals surface area contributed by atoms with E-state index in [2.05, 4.69) is 50.1 Å². The summed E-state index contributed by atoms with van der Waals surface area (Å²) in [5, 5.41) is 0. The maximum Gasteiger partial charge on any atom is 0.0392 e. The van der Waals surface area contributed by atoms with Gasteiger partial charge in [0.05, 0.1) is 0 Å². The number of likely N-dealkylation sites (N-methyl/N-ethyl adjacent to an activating group) is 1. The van der Waals surface area contributed by atoms with E-state index >= 15 is 0 Å². The summed E-state index contributed by atoms with van der Waals surface area (Å²) in [6, 6.07) is 0. The van der Waals surface area contributed by atoms with Crippen LogP contribution in [0.2, 0.25) is 0 Å². The van der Waals surface area contributed by atoms with Crippen LogP contribution in [0.5, 0.6) is 0 Å². The summed E-state index contributed by atoms with van der Waals surface area (Å²) in [6.07, 6.45) is 9.90. The molecule has 0 aromatic heterocycles. The summed E-state index contributed by atoms with van der Waals surface area (Å²) >= 11 is 0. The van der Waals surface area contributed by atoms with E-state index in [1.807, 2.05) is 13.8 Å². The summed E-state index contributed by atoms with van der Waals surface area (Å²) in [5.74, 6) is 0. The van der Waals surface area contributed by atoms with Crippen LogP contribution in [-0.2, 0) is 0 Å². The van der Waals surface area contributed by atoms with Crippen molar-refractivity contribution >= 4 is 0 Å². The second-order valence-corrected chi connectivity index (χ2v) is 3.16. The Bertz CT molecular complexity index is 234. The highest BCUT2D eigenvalue weighted by molar-refractivity contribution is 5.33. The molecule has 0 aromatic carbocycles. The van der Waals surface area contributed by atoms with Crippen molar-refractivity contribution in [3.05, 3.63) is 35.6 Å². The Morgan fingerprint density at radius 1 is 1.43 bits per heavy atom. The number of hydrogen-bond acceptors (Lipinski definition) is 1. The van der Waals surface area contributed by atoms with Gasteiger partial charge in [-0.05, 0) is 25.0 Å². The second kappa shape index (κ2) is 7.43. The van der Waals surface area contributed by atoms with Gasteiger partial charge >= 0.3 is 0 Å². The summed E-state index contributed by atoms with van der Waals surface area (Å²) in [5.41, 5.74) is 2.70. The van der Waals surface area contributed by atoms with E-state index in [1.54, 1.807) is 0 Å². The first kappa shape index (κ1) is 13.0. The van der Waals surface area contributed by atoms with Crippen molar-refractivity contribution in [3.8, 4) is 0 Å². The molecular weight excluding hydrogens is 170 g/mol. The Kier molecular flexibility index (Phi) is 6.91. The molecule has 0 saturated carbocycles. The van der Waals surface area contributed by atoms with Gasteiger partial charge in [-0.1, -0.05) is 39.0 Å². The summed E-state index contributed by atoms with van der Waals surface area (Å²) in [7, 11) is 2.13. The monoisotopic (exact) mass is 193 g/mol. The van der Waals surface area contributed by atoms with Crippen molar-refractivity contribution in [1.82, 2.24) is 4.90 Å². The highest BCUT2D eigenvalue weighted by Gasteiger charge is 2.05. The van der Waals surface area contributed by atoms with E-state index < -0.39 is 0 Å². The average molecular weight is 193 g/mol. The quantitative estimate of drug-likeness (QED) is 0.645. The van der Waals surface area contributed by atoms with E-state index in [1.165, 1.54) is 11.3 Å². The molecule has 0 amide bonds. The van der Waals surface area contributed by atoms with E-state index in [0.29, 0.717) is 0 Å². The number of rotatable bonds is 2. The van der Waals surface area contributed by atoms with Crippen molar-refractivity contribution < 1.29 is 0 Å². The van der Waals surface area contributed by atoms with Crippen LogP contribution in [0.1, 0.15) is 34.1 Å². The topological polar surface area (TPSA) is 3.24 Å². The molecule has 0 aliphatic carbocycles. The van der Waals surface area contributed by atoms with Crippen molar-refractivity contribution in [2.75, 3.05) is 13.6 Å². The fourth-order valence-corrected chi connectivity index (χ4v) is 1.36. The standard InChI is InChI=1S/C11H17N.C2H6/c1-4-5-8-11-10(2)7-6-9-12(11)3;1-2/h5-8H,4,9H2,1-3H3;1-2H3/b8-5-;. The molecule has 0 N–H and O–H groups in total. The third-order valence-electron chi connectivity index (χ3n) is 2.07. The molecule has 0 bridgehead atoms. The number of nitrogens with zero attached hydrogens (tertiary/aromatic N) is 1. The maximum absolute atomic E-state index is 2.27. The first-order valence-corrected chi connectivity index (χ1v) is 5.50. The van der Waals surface area contributed by atoms with Gasteiger partial charge in [0.15, 0.2) is 0 Å². The molecule has 0 saturated heterocycles. The van der Waals surface area contributed by atoms with Crippen molar-refractivity contribution in [2.24, 2.45) is 0 Å². The lowest BCUT2D eigenvalue weighted by Gasteiger charge is -2.23. The predicted octanol–water partition coefficient (Wildman–Crippen LogP) is 3.75. The summed E-state index contributed by atoms with van der Waals surface area (Å²) in [6.45, 7) is 9.34. The minimum absolute atomic E-state index is 1.03. The van der Waals surface area contributed by atoms with Gasteiger partial charge in [0.1, 0.15) is 0 Å². The first-order chi connectivity index (χ1) is 6.75. The van der Waals surface area contributed by atoms with Gasteiger partial charge in [-0.25, -0.2) is 0 Å². The lowest BCUT2D eigenvalue weighted by molar-refractivity contribution is 0.469. The van der Waals surface area contributed by atoms with Crippen LogP contribution in [0, 0.1) is 0 Å². The molecule has 80 valence electrons. The van der Waals surface area contributed by atoms with E-state index in [9.17, 15) is 0 Å². The summed E-state index contributed by atoms with van der Waals surface area (Å²) < 4.78 is 0. The molecular formula is C13H23N. The zero-order valence-electron chi connectivity index (χ0n) is 10.2. The van der Waals surface area contributed by atoms with Crippen LogP contribution < -0.4 is 0 Å². The Balaban J connectivity index is 0.000000791. The van der Waals surface area contributed by atoms with Gasteiger partial charge in [0, 0.05) is 19.3 Å². The van der Waals surface area contributed by atoms with Gasteiger partial charge in [-0.15, -0.1) is 0 Å². The van der Waals surface area contributed by atoms with Crippen LogP contribution in [0.3, 0.4) is 0 Å². The lowest BCUT2D eigenvalue weighted by Crippen LogP contribution is -2.20. The molecule has 0 fully saturated rings. The molecule has 1 heteroatoms. The van der Waals surface area contributed by atoms with Crippen LogP contribution in [0.4, 0.5) is 0 Å². The molecule has 1 heterocycles. The SMILES string of the molecule is CC.CC/C=C\C1=C(C)C=CCN1C. The first-order valence-electron chi connectivity index (χ1n) is 5.50. The predicted molar refractivity (Wildman–Crippen MR) is 65.2 cm³/mol. The Morgan fingerprint density at radius 2 is 2.07 bits per heavy atom. The molecule has 0 unspecified atom stereocenters. The van der Waals surface area contributed by atoms with Crippen LogP contribution in [0.15, 0.2) is 35.6 Å². The normalized spacial score (nSPS) is 15.9. The van der Waals surface area contributed by atoms with Gasteiger partial charge in [-0.3, -0.25) is 0 Å². The van der Waals surface area contributed by atoms with Gasteiger partial charge in [0.2, 0.25) is 0 Å². The van der Waals surface area contributed by atoms with Crippen LogP contribution >= 0.6 is 0 Å². The molecule has 0 atom stereocenters. The zero-order chi connectivity index (χ0) is 11.0. The third kappa shape index (κ3) is 3.82. The van der Waals surface area contributed by atoms with Gasteiger partial charge < -0.3 is 4.90 Å². The molecule has 0 radical (unpaired) electrons. The maximum atomic E-state index is 2.27. The fourth-order valence-electron chi connectivity index (χ4n) is 1.36. The van der Waals surface area contributed by atoms with E-state index in [4.69, 9.17) is 0 Å². The smallest absolute Gasteiger partial charge is 0.0392 e. The fraction of sp³-hybridized carbons (Fsp3) is 0.538. The van der Waals surface area contributed by atoms with Gasteiger partial charge in [-0.2, -0.15) is 0 Å². The highest BCUT2D eigenvalue weighted by atomic mass is 15.1. The Morgan fingerprint density at radius 3 is 2.57 bits per heavy atom. The van der Waals surface area contributed by atoms with Crippen molar-refractivity contribution in [2.45, 2.75) is 34.1 Å². The van der Waals surface area contributed by atoms with Crippen molar-refractivity contribution in [1.29, 1.82) is 0 Å². The molecule has 1 rings (SSSR count). The number of hydrogen-bond donors (Lipinski definition) is 0. The van der Waals surface area contributed by atoms with Gasteiger partial charge in [0.25, 0.3) is 0 Å². The molecule has 1 nitrogen and oxygen atoms in total. The molecule has 1 aliphatic rings. The molecule has 0 aromatic rings. The van der Waals surface area contributed by atoms with Crippen LogP contribution in [-0.4, -0.2) is 18.5 Å². The largest absolute Gasteiger partial charge is 0.371 e. The second-order valence-electron chi connectivity index (χ2n) is 3.16. The molecule has 1 aliphatic heterocycles. The van der Waals surface area contributed by atoms with Crippen molar-refractivity contribution in [3.63, 3.8) is 0 Å². The average Bonchev–Trinajstić information content (AvgIpc) is 2.20. The number of allylic oxidation sites excluding steroid dienone is 4. The molecule has 0 spiro atoms. The minimum Gasteiger partial charge on any atom is -0.371 e. The molecule has 14 heavy (non-hydrogen) atoms. The Labute approximate surface area is 88.8 Å². The highest BCUT2D eigenvalue weighted by Crippen LogP contribution is 2.15. The third-order valence-corrected chi connectivity index (χ3v) is 2.07. The van der Waals surface area contributed by atoms with E-state index in [-0.39, 0.29) is 0 Å². The Hall–Kier alpha value is -0.980. The lowest BCUT2D eigenvalue weighted by atomic mass is 10.1.